The van der Waals surface area contributed by atoms with E-state index in [0.29, 0.717) is 16.9 Å². The number of carboxylic acid groups (broad SMARTS) is 1. The molecule has 1 heterocycles. The highest BCUT2D eigenvalue weighted by Gasteiger charge is 2.23. The Morgan fingerprint density at radius 1 is 1.42 bits per heavy atom. The van der Waals surface area contributed by atoms with Crippen LogP contribution in [0.3, 0.4) is 0 Å². The summed E-state index contributed by atoms with van der Waals surface area (Å²) in [6, 6.07) is 7.43. The third kappa shape index (κ3) is 1.99. The maximum Gasteiger partial charge on any atom is 0.0725 e. The Morgan fingerprint density at radius 2 is 2.21 bits per heavy atom. The number of benzene rings is 1. The summed E-state index contributed by atoms with van der Waals surface area (Å²) in [7, 11) is 0. The first-order valence-electron chi connectivity index (χ1n) is 6.82. The summed E-state index contributed by atoms with van der Waals surface area (Å²) in [5.74, 6) is -0.514. The van der Waals surface area contributed by atoms with Crippen molar-refractivity contribution in [2.24, 2.45) is 5.92 Å². The molecule has 19 heavy (non-hydrogen) atoms. The van der Waals surface area contributed by atoms with Gasteiger partial charge in [-0.05, 0) is 36.8 Å². The van der Waals surface area contributed by atoms with Gasteiger partial charge in [-0.25, -0.2) is 0 Å². The maximum atomic E-state index is 11.5. The van der Waals surface area contributed by atoms with Crippen molar-refractivity contribution in [3.05, 3.63) is 41.1 Å². The molecule has 98 valence electrons. The van der Waals surface area contributed by atoms with Gasteiger partial charge >= 0.3 is 0 Å². The summed E-state index contributed by atoms with van der Waals surface area (Å²) in [4.78, 5) is 16.2. The number of hydrogen-bond acceptors (Lipinski definition) is 3. The molecular formula is C16H16NO2-. The molecule has 3 nitrogen and oxygen atoms in total. The second-order valence-electron chi connectivity index (χ2n) is 5.23. The average Bonchev–Trinajstić information content (AvgIpc) is 2.43. The number of pyridine rings is 1. The quantitative estimate of drug-likeness (QED) is 0.824. The number of para-hydroxylation sites is 1. The first-order valence-corrected chi connectivity index (χ1v) is 6.82. The number of carbonyl (C=O) groups excluding carboxylic acids is 1. The lowest BCUT2D eigenvalue weighted by atomic mass is 9.82. The molecule has 0 amide bonds. The Hall–Kier alpha value is -1.90. The highest BCUT2D eigenvalue weighted by Crippen LogP contribution is 2.32. The average molecular weight is 254 g/mol. The van der Waals surface area contributed by atoms with Gasteiger partial charge in [0.2, 0.25) is 0 Å². The Labute approximate surface area is 112 Å². The van der Waals surface area contributed by atoms with E-state index in [0.717, 1.165) is 42.5 Å². The van der Waals surface area contributed by atoms with Crippen LogP contribution in [0.4, 0.5) is 0 Å². The summed E-state index contributed by atoms with van der Waals surface area (Å²) < 4.78 is 0. The van der Waals surface area contributed by atoms with E-state index in [2.05, 4.69) is 11.9 Å². The van der Waals surface area contributed by atoms with Crippen molar-refractivity contribution in [2.45, 2.75) is 32.6 Å². The van der Waals surface area contributed by atoms with Gasteiger partial charge in [0.15, 0.2) is 0 Å². The molecule has 1 aliphatic rings. The first kappa shape index (κ1) is 12.2. The molecule has 1 aromatic heterocycles. The van der Waals surface area contributed by atoms with Gasteiger partial charge in [-0.15, -0.1) is 0 Å². The Bertz CT molecular complexity index is 648. The van der Waals surface area contributed by atoms with Crippen LogP contribution < -0.4 is 5.11 Å². The lowest BCUT2D eigenvalue weighted by Gasteiger charge is -2.26. The van der Waals surface area contributed by atoms with Crippen LogP contribution in [-0.4, -0.2) is 11.0 Å². The van der Waals surface area contributed by atoms with Gasteiger partial charge in [0, 0.05) is 16.6 Å². The first-order chi connectivity index (χ1) is 9.20. The van der Waals surface area contributed by atoms with Gasteiger partial charge < -0.3 is 9.90 Å². The fraction of sp³-hybridized carbons (Fsp3) is 0.375. The van der Waals surface area contributed by atoms with E-state index in [9.17, 15) is 9.90 Å². The lowest BCUT2D eigenvalue weighted by Crippen LogP contribution is -2.27. The van der Waals surface area contributed by atoms with Gasteiger partial charge in [-0.3, -0.25) is 4.98 Å². The zero-order valence-corrected chi connectivity index (χ0v) is 11.0. The lowest BCUT2D eigenvalue weighted by molar-refractivity contribution is -0.254. The maximum absolute atomic E-state index is 11.5. The van der Waals surface area contributed by atoms with Crippen LogP contribution in [0.5, 0.6) is 0 Å². The third-order valence-electron chi connectivity index (χ3n) is 4.14. The van der Waals surface area contributed by atoms with Crippen LogP contribution in [0.25, 0.3) is 10.9 Å². The fourth-order valence-corrected chi connectivity index (χ4v) is 3.04. The highest BCUT2D eigenvalue weighted by molar-refractivity contribution is 6.03. The number of aromatic carboxylic acids is 1. The second-order valence-corrected chi connectivity index (χ2v) is 5.23. The number of carboxylic acids is 1. The molecule has 0 N–H and O–H groups in total. The van der Waals surface area contributed by atoms with Gasteiger partial charge in [0.1, 0.15) is 0 Å². The molecular weight excluding hydrogens is 238 g/mol. The van der Waals surface area contributed by atoms with Crippen molar-refractivity contribution < 1.29 is 9.90 Å². The summed E-state index contributed by atoms with van der Waals surface area (Å²) in [6.45, 7) is 2.16. The van der Waals surface area contributed by atoms with E-state index in [1.54, 1.807) is 0 Å². The Morgan fingerprint density at radius 3 is 2.95 bits per heavy atom. The molecule has 0 aliphatic heterocycles. The highest BCUT2D eigenvalue weighted by atomic mass is 16.4. The van der Waals surface area contributed by atoms with Crippen LogP contribution in [0.1, 0.15) is 41.4 Å². The molecule has 0 unspecified atom stereocenters. The minimum Gasteiger partial charge on any atom is -0.545 e. The minimum absolute atomic E-state index is 0.360. The zero-order chi connectivity index (χ0) is 13.4. The predicted octanol–water partition coefficient (Wildman–Crippen LogP) is 2.11. The van der Waals surface area contributed by atoms with E-state index in [1.165, 1.54) is 0 Å². The van der Waals surface area contributed by atoms with Gasteiger partial charge in [0.25, 0.3) is 0 Å². The van der Waals surface area contributed by atoms with Gasteiger partial charge in [0.05, 0.1) is 11.5 Å². The van der Waals surface area contributed by atoms with Crippen molar-refractivity contribution in [3.63, 3.8) is 0 Å². The van der Waals surface area contributed by atoms with E-state index < -0.39 is 5.97 Å². The van der Waals surface area contributed by atoms with Crippen molar-refractivity contribution >= 4 is 16.9 Å². The van der Waals surface area contributed by atoms with Gasteiger partial charge in [-0.2, -0.15) is 0 Å². The minimum atomic E-state index is -1.08. The predicted molar refractivity (Wildman–Crippen MR) is 71.9 cm³/mol. The number of rotatable bonds is 2. The number of fused-ring (bicyclic) bond motifs is 2. The van der Waals surface area contributed by atoms with E-state index >= 15 is 0 Å². The van der Waals surface area contributed by atoms with E-state index in [-0.39, 0.29) is 0 Å². The van der Waals surface area contributed by atoms with Crippen molar-refractivity contribution in [2.75, 3.05) is 0 Å². The summed E-state index contributed by atoms with van der Waals surface area (Å²) in [6.07, 6.45) is 3.87. The van der Waals surface area contributed by atoms with Crippen LogP contribution in [0.2, 0.25) is 0 Å². The van der Waals surface area contributed by atoms with E-state index in [4.69, 9.17) is 0 Å². The number of nitrogens with zero attached hydrogens (tertiary/aromatic N) is 1. The zero-order valence-electron chi connectivity index (χ0n) is 11.0. The molecule has 2 aromatic rings. The van der Waals surface area contributed by atoms with Crippen molar-refractivity contribution in [1.82, 2.24) is 4.98 Å². The normalized spacial score (nSPS) is 18.3. The molecule has 0 radical (unpaired) electrons. The van der Waals surface area contributed by atoms with E-state index in [1.807, 2.05) is 24.3 Å². The van der Waals surface area contributed by atoms with Crippen LogP contribution in [-0.2, 0) is 12.8 Å². The molecule has 0 spiro atoms. The van der Waals surface area contributed by atoms with Crippen molar-refractivity contribution in [1.29, 1.82) is 0 Å². The van der Waals surface area contributed by atoms with Crippen molar-refractivity contribution in [3.8, 4) is 0 Å². The standard InChI is InChI=1S/C16H17NO2/c1-2-10-7-8-14-12(9-10)15(16(18)19)11-5-3-4-6-13(11)17-14/h3-6,10H,2,7-9H2,1H3,(H,18,19)/p-1/t10-/m0/s1. The van der Waals surface area contributed by atoms with Crippen LogP contribution in [0, 0.1) is 5.92 Å². The molecule has 0 fully saturated rings. The summed E-state index contributed by atoms with van der Waals surface area (Å²) >= 11 is 0. The second kappa shape index (κ2) is 4.65. The number of aromatic nitrogens is 1. The molecule has 3 heteroatoms. The summed E-state index contributed by atoms with van der Waals surface area (Å²) in [5.41, 5.74) is 2.97. The molecule has 1 atom stereocenters. The molecule has 1 aromatic carbocycles. The molecule has 0 saturated carbocycles. The van der Waals surface area contributed by atoms with Crippen LogP contribution >= 0.6 is 0 Å². The molecule has 0 saturated heterocycles. The van der Waals surface area contributed by atoms with Crippen LogP contribution in [0.15, 0.2) is 24.3 Å². The molecule has 3 rings (SSSR count). The topological polar surface area (TPSA) is 53.0 Å². The Kier molecular flexibility index (Phi) is 2.97. The monoisotopic (exact) mass is 254 g/mol. The number of aryl methyl sites for hydroxylation is 1. The number of carbonyl (C=O) groups is 1. The SMILES string of the molecule is CC[C@H]1CCc2nc3ccccc3c(C(=O)[O-])c2C1. The molecule has 1 aliphatic carbocycles. The number of hydrogen-bond donors (Lipinski definition) is 0. The van der Waals surface area contributed by atoms with Gasteiger partial charge in [-0.1, -0.05) is 31.5 Å². The molecule has 0 bridgehead atoms. The summed E-state index contributed by atoms with van der Waals surface area (Å²) in [5, 5.41) is 12.2. The third-order valence-corrected chi connectivity index (χ3v) is 4.14. The fourth-order valence-electron chi connectivity index (χ4n) is 3.04. The smallest absolute Gasteiger partial charge is 0.0725 e. The largest absolute Gasteiger partial charge is 0.545 e. The Balaban J connectivity index is 2.28.